The Bertz CT molecular complexity index is 241. The molecule has 94 valence electrons. The second-order valence-corrected chi connectivity index (χ2v) is 3.71. The van der Waals surface area contributed by atoms with Crippen LogP contribution in [0, 0.1) is 0 Å². The third-order valence-corrected chi connectivity index (χ3v) is 2.25. The van der Waals surface area contributed by atoms with E-state index in [1.54, 1.807) is 7.11 Å². The highest BCUT2D eigenvalue weighted by Crippen LogP contribution is 2.01. The van der Waals surface area contributed by atoms with Crippen molar-refractivity contribution in [3.05, 3.63) is 0 Å². The molecule has 0 rings (SSSR count). The molecule has 0 aliphatic rings. The number of rotatable bonds is 7. The second-order valence-electron chi connectivity index (χ2n) is 3.71. The molecule has 1 amide bonds. The monoisotopic (exact) mass is 233 g/mol. The number of amides is 1. The summed E-state index contributed by atoms with van der Waals surface area (Å²) < 4.78 is 4.95. The molecule has 6 nitrogen and oxygen atoms in total. The third kappa shape index (κ3) is 5.67. The summed E-state index contributed by atoms with van der Waals surface area (Å²) in [5, 5.41) is 20.1. The Labute approximate surface area is 94.6 Å². The largest absolute Gasteiger partial charge is 0.480 e. The fourth-order valence-electron chi connectivity index (χ4n) is 1.09. The quantitative estimate of drug-likeness (QED) is 0.563. The number of methoxy groups -OCH3 is 1. The van der Waals surface area contributed by atoms with Crippen molar-refractivity contribution >= 4 is 11.9 Å². The maximum atomic E-state index is 11.3. The number of carboxylic acids is 1. The lowest BCUT2D eigenvalue weighted by molar-refractivity contribution is -0.144. The lowest BCUT2D eigenvalue weighted by Gasteiger charge is -2.17. The standard InChI is InChI=1S/C10H19NO5/c1-6(16-3)4-5-8(13)11-9(7(2)12)10(14)15/h6-7,9,12H,4-5H2,1-3H3,(H,11,13)(H,14,15). The molecule has 0 aromatic carbocycles. The Balaban J connectivity index is 4.06. The maximum Gasteiger partial charge on any atom is 0.328 e. The summed E-state index contributed by atoms with van der Waals surface area (Å²) in [6, 6.07) is -1.26. The Morgan fingerprint density at radius 2 is 1.94 bits per heavy atom. The van der Waals surface area contributed by atoms with Gasteiger partial charge in [-0.3, -0.25) is 4.79 Å². The van der Waals surface area contributed by atoms with Gasteiger partial charge in [-0.2, -0.15) is 0 Å². The van der Waals surface area contributed by atoms with Crippen molar-refractivity contribution in [1.29, 1.82) is 0 Å². The van der Waals surface area contributed by atoms with Crippen LogP contribution in [0.4, 0.5) is 0 Å². The number of aliphatic carboxylic acids is 1. The molecular weight excluding hydrogens is 214 g/mol. The van der Waals surface area contributed by atoms with Crippen LogP contribution >= 0.6 is 0 Å². The summed E-state index contributed by atoms with van der Waals surface area (Å²) in [6.07, 6.45) is -0.498. The van der Waals surface area contributed by atoms with Crippen molar-refractivity contribution in [2.75, 3.05) is 7.11 Å². The van der Waals surface area contributed by atoms with Crippen LogP contribution in [0.15, 0.2) is 0 Å². The Morgan fingerprint density at radius 1 is 1.38 bits per heavy atom. The Kier molecular flexibility index (Phi) is 6.67. The summed E-state index contributed by atoms with van der Waals surface area (Å²) in [7, 11) is 1.54. The molecule has 0 saturated carbocycles. The zero-order chi connectivity index (χ0) is 12.7. The summed E-state index contributed by atoms with van der Waals surface area (Å²) >= 11 is 0. The van der Waals surface area contributed by atoms with Crippen molar-refractivity contribution < 1.29 is 24.5 Å². The molecule has 0 saturated heterocycles. The number of aliphatic hydroxyl groups is 1. The van der Waals surface area contributed by atoms with Gasteiger partial charge in [0, 0.05) is 13.5 Å². The first-order chi connectivity index (χ1) is 7.38. The van der Waals surface area contributed by atoms with E-state index in [2.05, 4.69) is 5.32 Å². The first-order valence-corrected chi connectivity index (χ1v) is 5.11. The predicted octanol–water partition coefficient (Wildman–Crippen LogP) is -0.248. The van der Waals surface area contributed by atoms with E-state index in [-0.39, 0.29) is 12.5 Å². The first kappa shape index (κ1) is 14.9. The molecule has 0 bridgehead atoms. The van der Waals surface area contributed by atoms with E-state index < -0.39 is 24.0 Å². The van der Waals surface area contributed by atoms with Gasteiger partial charge in [0.15, 0.2) is 6.04 Å². The number of aliphatic hydroxyl groups excluding tert-OH is 1. The van der Waals surface area contributed by atoms with Crippen LogP contribution in [0.25, 0.3) is 0 Å². The summed E-state index contributed by atoms with van der Waals surface area (Å²) in [5.41, 5.74) is 0. The zero-order valence-corrected chi connectivity index (χ0v) is 9.77. The first-order valence-electron chi connectivity index (χ1n) is 5.11. The van der Waals surface area contributed by atoms with Crippen LogP contribution < -0.4 is 5.32 Å². The zero-order valence-electron chi connectivity index (χ0n) is 9.77. The van der Waals surface area contributed by atoms with Crippen molar-refractivity contribution in [1.82, 2.24) is 5.32 Å². The number of carbonyl (C=O) groups is 2. The number of nitrogens with one attached hydrogen (secondary N) is 1. The van der Waals surface area contributed by atoms with E-state index in [9.17, 15) is 9.59 Å². The number of carboxylic acid groups (broad SMARTS) is 1. The van der Waals surface area contributed by atoms with Crippen LogP contribution in [0.2, 0.25) is 0 Å². The van der Waals surface area contributed by atoms with Crippen molar-refractivity contribution in [3.8, 4) is 0 Å². The minimum Gasteiger partial charge on any atom is -0.480 e. The van der Waals surface area contributed by atoms with Crippen molar-refractivity contribution in [2.24, 2.45) is 0 Å². The average Bonchev–Trinajstić information content (AvgIpc) is 2.21. The normalized spacial score (nSPS) is 16.2. The van der Waals surface area contributed by atoms with E-state index in [1.165, 1.54) is 6.92 Å². The highest BCUT2D eigenvalue weighted by molar-refractivity contribution is 5.83. The minimum atomic E-state index is -1.26. The van der Waals surface area contributed by atoms with E-state index in [4.69, 9.17) is 14.9 Å². The van der Waals surface area contributed by atoms with Crippen LogP contribution in [-0.4, -0.2) is 47.4 Å². The fourth-order valence-corrected chi connectivity index (χ4v) is 1.09. The molecule has 0 aromatic heterocycles. The van der Waals surface area contributed by atoms with Gasteiger partial charge < -0.3 is 20.3 Å². The van der Waals surface area contributed by atoms with Gasteiger partial charge in [-0.25, -0.2) is 4.79 Å². The number of carbonyl (C=O) groups excluding carboxylic acids is 1. The van der Waals surface area contributed by atoms with Crippen LogP contribution in [0.3, 0.4) is 0 Å². The number of ether oxygens (including phenoxy) is 1. The molecule has 0 spiro atoms. The molecule has 0 aromatic rings. The predicted molar refractivity (Wildman–Crippen MR) is 57.0 cm³/mol. The van der Waals surface area contributed by atoms with E-state index >= 15 is 0 Å². The summed E-state index contributed by atoms with van der Waals surface area (Å²) in [5.74, 6) is -1.65. The Hall–Kier alpha value is -1.14. The molecule has 0 aliphatic heterocycles. The molecule has 3 unspecified atom stereocenters. The smallest absolute Gasteiger partial charge is 0.328 e. The van der Waals surface area contributed by atoms with E-state index in [1.807, 2.05) is 6.92 Å². The molecule has 16 heavy (non-hydrogen) atoms. The van der Waals surface area contributed by atoms with Crippen LogP contribution in [0.1, 0.15) is 26.7 Å². The van der Waals surface area contributed by atoms with Gasteiger partial charge in [0.05, 0.1) is 12.2 Å². The SMILES string of the molecule is COC(C)CCC(=O)NC(C(=O)O)C(C)O. The molecule has 6 heteroatoms. The van der Waals surface area contributed by atoms with E-state index in [0.717, 1.165) is 0 Å². The molecular formula is C10H19NO5. The summed E-state index contributed by atoms with van der Waals surface area (Å²) in [6.45, 7) is 3.13. The van der Waals surface area contributed by atoms with E-state index in [0.29, 0.717) is 6.42 Å². The molecule has 3 N–H and O–H groups in total. The van der Waals surface area contributed by atoms with Gasteiger partial charge >= 0.3 is 5.97 Å². The third-order valence-electron chi connectivity index (χ3n) is 2.25. The minimum absolute atomic E-state index is 0.0550. The lowest BCUT2D eigenvalue weighted by atomic mass is 10.1. The average molecular weight is 233 g/mol. The Morgan fingerprint density at radius 3 is 2.31 bits per heavy atom. The van der Waals surface area contributed by atoms with Gasteiger partial charge in [0.2, 0.25) is 5.91 Å². The number of hydrogen-bond donors (Lipinski definition) is 3. The van der Waals surface area contributed by atoms with Gasteiger partial charge in [-0.05, 0) is 20.3 Å². The highest BCUT2D eigenvalue weighted by Gasteiger charge is 2.24. The van der Waals surface area contributed by atoms with Crippen molar-refractivity contribution in [2.45, 2.75) is 44.9 Å². The van der Waals surface area contributed by atoms with Gasteiger partial charge in [-0.15, -0.1) is 0 Å². The fraction of sp³-hybridized carbons (Fsp3) is 0.800. The van der Waals surface area contributed by atoms with Crippen LogP contribution in [-0.2, 0) is 14.3 Å². The van der Waals surface area contributed by atoms with Gasteiger partial charge in [0.25, 0.3) is 0 Å². The molecule has 0 aliphatic carbocycles. The van der Waals surface area contributed by atoms with Crippen molar-refractivity contribution in [3.63, 3.8) is 0 Å². The molecule has 0 heterocycles. The maximum absolute atomic E-state index is 11.3. The molecule has 0 radical (unpaired) electrons. The number of hydrogen-bond acceptors (Lipinski definition) is 4. The molecule has 3 atom stereocenters. The molecule has 0 fully saturated rings. The highest BCUT2D eigenvalue weighted by atomic mass is 16.5. The van der Waals surface area contributed by atoms with Gasteiger partial charge in [-0.1, -0.05) is 0 Å². The lowest BCUT2D eigenvalue weighted by Crippen LogP contribution is -2.47. The van der Waals surface area contributed by atoms with Gasteiger partial charge in [0.1, 0.15) is 0 Å². The van der Waals surface area contributed by atoms with Crippen LogP contribution in [0.5, 0.6) is 0 Å². The topological polar surface area (TPSA) is 95.9 Å². The summed E-state index contributed by atoms with van der Waals surface area (Å²) in [4.78, 5) is 22.0. The second kappa shape index (κ2) is 7.19.